The van der Waals surface area contributed by atoms with Gasteiger partial charge in [0.1, 0.15) is 6.07 Å². The summed E-state index contributed by atoms with van der Waals surface area (Å²) in [4.78, 5) is 12.2. The van der Waals surface area contributed by atoms with E-state index in [1.165, 1.54) is 0 Å². The van der Waals surface area contributed by atoms with E-state index in [2.05, 4.69) is 27.3 Å². The van der Waals surface area contributed by atoms with Crippen molar-refractivity contribution >= 4 is 33.2 Å². The van der Waals surface area contributed by atoms with Crippen LogP contribution in [-0.4, -0.2) is 5.91 Å². The first-order valence-electron chi connectivity index (χ1n) is 5.89. The molecule has 0 bridgehead atoms. The summed E-state index contributed by atoms with van der Waals surface area (Å²) in [6, 6.07) is 12.4. The number of nitrogens with zero attached hydrogens (tertiary/aromatic N) is 1. The van der Waals surface area contributed by atoms with Crippen LogP contribution in [0.15, 0.2) is 40.9 Å². The second kappa shape index (κ2) is 5.76. The van der Waals surface area contributed by atoms with Crippen molar-refractivity contribution in [2.75, 3.05) is 11.1 Å². The third-order valence-electron chi connectivity index (χ3n) is 2.90. The predicted octanol–water partition coefficient (Wildman–Crippen LogP) is 3.46. The van der Waals surface area contributed by atoms with Crippen LogP contribution >= 0.6 is 15.9 Å². The van der Waals surface area contributed by atoms with Crippen LogP contribution in [0, 0.1) is 18.3 Å². The summed E-state index contributed by atoms with van der Waals surface area (Å²) in [5, 5.41) is 11.9. The number of nitriles is 1. The molecule has 0 saturated carbocycles. The monoisotopic (exact) mass is 329 g/mol. The third-order valence-corrected chi connectivity index (χ3v) is 3.58. The Morgan fingerprint density at radius 1 is 1.35 bits per heavy atom. The van der Waals surface area contributed by atoms with Gasteiger partial charge in [-0.05, 0) is 52.7 Å². The largest absolute Gasteiger partial charge is 0.398 e. The van der Waals surface area contributed by atoms with Crippen molar-refractivity contribution in [3.8, 4) is 6.07 Å². The normalized spacial score (nSPS) is 9.85. The van der Waals surface area contributed by atoms with Crippen molar-refractivity contribution in [3.63, 3.8) is 0 Å². The number of amides is 1. The first-order valence-corrected chi connectivity index (χ1v) is 6.68. The number of anilines is 2. The van der Waals surface area contributed by atoms with Gasteiger partial charge in [-0.15, -0.1) is 0 Å². The first kappa shape index (κ1) is 14.1. The molecule has 0 saturated heterocycles. The molecule has 4 nitrogen and oxygen atoms in total. The number of carbonyl (C=O) groups is 1. The molecule has 0 aliphatic heterocycles. The molecule has 0 unspecified atom stereocenters. The minimum atomic E-state index is -0.284. The zero-order valence-corrected chi connectivity index (χ0v) is 12.4. The topological polar surface area (TPSA) is 78.9 Å². The lowest BCUT2D eigenvalue weighted by atomic mass is 10.1. The summed E-state index contributed by atoms with van der Waals surface area (Å²) in [5.74, 6) is -0.284. The molecule has 2 aromatic rings. The minimum absolute atomic E-state index is 0.284. The fourth-order valence-corrected chi connectivity index (χ4v) is 2.16. The van der Waals surface area contributed by atoms with Crippen LogP contribution in [0.3, 0.4) is 0 Å². The van der Waals surface area contributed by atoms with Crippen molar-refractivity contribution in [2.45, 2.75) is 6.92 Å². The van der Waals surface area contributed by atoms with Crippen molar-refractivity contribution in [3.05, 3.63) is 57.6 Å². The Bertz CT molecular complexity index is 720. The average molecular weight is 330 g/mol. The molecule has 0 aromatic heterocycles. The molecule has 20 heavy (non-hydrogen) atoms. The quantitative estimate of drug-likeness (QED) is 0.828. The maximum Gasteiger partial charge on any atom is 0.255 e. The number of halogens is 1. The molecule has 0 aliphatic carbocycles. The molecule has 2 aromatic carbocycles. The summed E-state index contributed by atoms with van der Waals surface area (Å²) in [5.41, 5.74) is 8.51. The van der Waals surface area contributed by atoms with Gasteiger partial charge in [-0.2, -0.15) is 5.26 Å². The Morgan fingerprint density at radius 2 is 2.10 bits per heavy atom. The van der Waals surface area contributed by atoms with Gasteiger partial charge in [-0.25, -0.2) is 0 Å². The van der Waals surface area contributed by atoms with Crippen LogP contribution in [0.4, 0.5) is 11.4 Å². The number of rotatable bonds is 2. The molecule has 5 heteroatoms. The molecular weight excluding hydrogens is 318 g/mol. The molecular formula is C15H12BrN3O. The smallest absolute Gasteiger partial charge is 0.255 e. The standard InChI is InChI=1S/C15H12BrN3O/c1-9-3-2-4-14(11(9)8-17)19-15(20)10-5-6-13(18)12(16)7-10/h2-7H,18H2,1H3,(H,19,20). The molecule has 0 atom stereocenters. The summed E-state index contributed by atoms with van der Waals surface area (Å²) in [6.45, 7) is 1.83. The number of nitrogen functional groups attached to an aromatic ring is 1. The highest BCUT2D eigenvalue weighted by atomic mass is 79.9. The maximum atomic E-state index is 12.2. The van der Waals surface area contributed by atoms with Crippen LogP contribution in [0.5, 0.6) is 0 Å². The Labute approximate surface area is 125 Å². The second-order valence-corrected chi connectivity index (χ2v) is 5.15. The Morgan fingerprint density at radius 3 is 2.75 bits per heavy atom. The third kappa shape index (κ3) is 2.81. The van der Waals surface area contributed by atoms with Crippen LogP contribution in [-0.2, 0) is 0 Å². The van der Waals surface area contributed by atoms with Crippen LogP contribution in [0.2, 0.25) is 0 Å². The van der Waals surface area contributed by atoms with E-state index in [1.54, 1.807) is 30.3 Å². The predicted molar refractivity (Wildman–Crippen MR) is 82.4 cm³/mol. The maximum absolute atomic E-state index is 12.2. The van der Waals surface area contributed by atoms with Gasteiger partial charge in [-0.1, -0.05) is 12.1 Å². The highest BCUT2D eigenvalue weighted by molar-refractivity contribution is 9.10. The number of hydrogen-bond acceptors (Lipinski definition) is 3. The molecule has 0 fully saturated rings. The van der Waals surface area contributed by atoms with Gasteiger partial charge < -0.3 is 11.1 Å². The summed E-state index contributed by atoms with van der Waals surface area (Å²) >= 11 is 3.28. The van der Waals surface area contributed by atoms with Gasteiger partial charge in [0.05, 0.1) is 11.3 Å². The van der Waals surface area contributed by atoms with Gasteiger partial charge in [0, 0.05) is 15.7 Å². The Balaban J connectivity index is 2.31. The van der Waals surface area contributed by atoms with E-state index in [4.69, 9.17) is 11.0 Å². The molecule has 0 radical (unpaired) electrons. The van der Waals surface area contributed by atoms with Crippen molar-refractivity contribution in [2.24, 2.45) is 0 Å². The van der Waals surface area contributed by atoms with E-state index in [0.29, 0.717) is 27.0 Å². The highest BCUT2D eigenvalue weighted by Crippen LogP contribution is 2.22. The molecule has 0 spiro atoms. The van der Waals surface area contributed by atoms with Crippen LogP contribution in [0.1, 0.15) is 21.5 Å². The van der Waals surface area contributed by atoms with E-state index in [0.717, 1.165) is 5.56 Å². The zero-order chi connectivity index (χ0) is 14.7. The van der Waals surface area contributed by atoms with Gasteiger partial charge >= 0.3 is 0 Å². The summed E-state index contributed by atoms with van der Waals surface area (Å²) < 4.78 is 0.662. The highest BCUT2D eigenvalue weighted by Gasteiger charge is 2.11. The van der Waals surface area contributed by atoms with Gasteiger partial charge in [-0.3, -0.25) is 4.79 Å². The fraction of sp³-hybridized carbons (Fsp3) is 0.0667. The number of nitrogens with two attached hydrogens (primary N) is 1. The lowest BCUT2D eigenvalue weighted by Crippen LogP contribution is -2.13. The van der Waals surface area contributed by atoms with Crippen molar-refractivity contribution in [1.29, 1.82) is 5.26 Å². The molecule has 0 heterocycles. The minimum Gasteiger partial charge on any atom is -0.398 e. The number of aryl methyl sites for hydroxylation is 1. The van der Waals surface area contributed by atoms with E-state index in [1.807, 2.05) is 13.0 Å². The van der Waals surface area contributed by atoms with Crippen molar-refractivity contribution in [1.82, 2.24) is 0 Å². The Hall–Kier alpha value is -2.32. The number of carbonyl (C=O) groups excluding carboxylic acids is 1. The molecule has 0 aliphatic rings. The van der Waals surface area contributed by atoms with E-state index >= 15 is 0 Å². The SMILES string of the molecule is Cc1cccc(NC(=O)c2ccc(N)c(Br)c2)c1C#N. The molecule has 3 N–H and O–H groups in total. The van der Waals surface area contributed by atoms with Crippen molar-refractivity contribution < 1.29 is 4.79 Å². The zero-order valence-electron chi connectivity index (χ0n) is 10.8. The van der Waals surface area contributed by atoms with E-state index < -0.39 is 0 Å². The van der Waals surface area contributed by atoms with Gasteiger partial charge in [0.25, 0.3) is 5.91 Å². The first-order chi connectivity index (χ1) is 9.52. The molecule has 1 amide bonds. The van der Waals surface area contributed by atoms with Crippen LogP contribution in [0.25, 0.3) is 0 Å². The number of nitrogens with one attached hydrogen (secondary N) is 1. The second-order valence-electron chi connectivity index (χ2n) is 4.30. The average Bonchev–Trinajstić information content (AvgIpc) is 2.42. The molecule has 2 rings (SSSR count). The Kier molecular flexibility index (Phi) is 4.06. The number of hydrogen-bond donors (Lipinski definition) is 2. The molecule has 100 valence electrons. The van der Waals surface area contributed by atoms with E-state index in [9.17, 15) is 4.79 Å². The van der Waals surface area contributed by atoms with Crippen LogP contribution < -0.4 is 11.1 Å². The lowest BCUT2D eigenvalue weighted by Gasteiger charge is -2.09. The van der Waals surface area contributed by atoms with Gasteiger partial charge in [0.2, 0.25) is 0 Å². The van der Waals surface area contributed by atoms with Gasteiger partial charge in [0.15, 0.2) is 0 Å². The fourth-order valence-electron chi connectivity index (χ4n) is 1.78. The summed E-state index contributed by atoms with van der Waals surface area (Å²) in [6.07, 6.45) is 0. The van der Waals surface area contributed by atoms with E-state index in [-0.39, 0.29) is 5.91 Å². The number of benzene rings is 2. The summed E-state index contributed by atoms with van der Waals surface area (Å²) in [7, 11) is 0. The lowest BCUT2D eigenvalue weighted by molar-refractivity contribution is 0.102.